The van der Waals surface area contributed by atoms with Crippen LogP contribution in [0.15, 0.2) is 41.6 Å². The maximum absolute atomic E-state index is 12.2. The molecular formula is C21H20Cl4N2O4. The molecule has 31 heavy (non-hydrogen) atoms. The largest absolute Gasteiger partial charge is 0.491 e. The average Bonchev–Trinajstić information content (AvgIpc) is 3.36. The number of likely N-dealkylation sites (N-methyl/N-ethyl adjacent to an activating group) is 1. The average molecular weight is 506 g/mol. The Morgan fingerprint density at radius 2 is 1.81 bits per heavy atom. The van der Waals surface area contributed by atoms with Gasteiger partial charge in [-0.15, -0.1) is 23.2 Å². The lowest BCUT2D eigenvalue weighted by Crippen LogP contribution is -2.29. The first-order chi connectivity index (χ1) is 14.8. The van der Waals surface area contributed by atoms with Crippen molar-refractivity contribution in [1.82, 2.24) is 5.32 Å². The quantitative estimate of drug-likeness (QED) is 0.287. The van der Waals surface area contributed by atoms with E-state index in [0.29, 0.717) is 45.7 Å². The summed E-state index contributed by atoms with van der Waals surface area (Å²) in [4.78, 5) is 17.0. The predicted molar refractivity (Wildman–Crippen MR) is 123 cm³/mol. The first kappa shape index (κ1) is 23.8. The van der Waals surface area contributed by atoms with Gasteiger partial charge in [-0.05, 0) is 18.1 Å². The topological polar surface area (TPSA) is 69.2 Å². The molecular weight excluding hydrogens is 486 g/mol. The van der Waals surface area contributed by atoms with E-state index in [4.69, 9.17) is 60.7 Å². The van der Waals surface area contributed by atoms with Crippen molar-refractivity contribution in [3.05, 3.63) is 57.6 Å². The molecule has 0 aliphatic heterocycles. The van der Waals surface area contributed by atoms with Crippen molar-refractivity contribution in [3.8, 4) is 11.5 Å². The van der Waals surface area contributed by atoms with Gasteiger partial charge in [0.05, 0.1) is 16.7 Å². The lowest BCUT2D eigenvalue weighted by atomic mass is 10.0. The van der Waals surface area contributed by atoms with E-state index >= 15 is 0 Å². The molecule has 3 rings (SSSR count). The van der Waals surface area contributed by atoms with Crippen molar-refractivity contribution in [2.75, 3.05) is 20.8 Å². The maximum Gasteiger partial charge on any atom is 0.273 e. The highest BCUT2D eigenvalue weighted by Gasteiger charge is 2.52. The third kappa shape index (κ3) is 5.89. The first-order valence-electron chi connectivity index (χ1n) is 9.30. The van der Waals surface area contributed by atoms with Crippen molar-refractivity contribution in [2.45, 2.75) is 17.4 Å². The van der Waals surface area contributed by atoms with Crippen molar-refractivity contribution in [3.63, 3.8) is 0 Å². The number of oxime groups is 1. The molecule has 0 spiro atoms. The summed E-state index contributed by atoms with van der Waals surface area (Å²) >= 11 is 24.6. The van der Waals surface area contributed by atoms with E-state index in [1.54, 1.807) is 24.3 Å². The highest BCUT2D eigenvalue weighted by molar-refractivity contribution is 6.50. The molecule has 1 N–H and O–H groups in total. The van der Waals surface area contributed by atoms with Crippen LogP contribution in [0.3, 0.4) is 0 Å². The second kappa shape index (κ2) is 10.2. The number of carbonyl (C=O) groups is 1. The van der Waals surface area contributed by atoms with E-state index in [0.717, 1.165) is 0 Å². The molecule has 1 aliphatic rings. The van der Waals surface area contributed by atoms with Gasteiger partial charge in [0, 0.05) is 24.6 Å². The zero-order valence-electron chi connectivity index (χ0n) is 16.8. The Morgan fingerprint density at radius 1 is 1.16 bits per heavy atom. The van der Waals surface area contributed by atoms with Crippen LogP contribution in [-0.2, 0) is 16.2 Å². The number of nitrogens with one attached hydrogen (secondary N) is 1. The monoisotopic (exact) mass is 504 g/mol. The summed E-state index contributed by atoms with van der Waals surface area (Å²) < 4.78 is 10.9. The second-order valence-corrected chi connectivity index (χ2v) is 9.19. The van der Waals surface area contributed by atoms with Gasteiger partial charge >= 0.3 is 0 Å². The molecule has 1 unspecified atom stereocenters. The number of hydrogen-bond donors (Lipinski definition) is 1. The van der Waals surface area contributed by atoms with E-state index in [-0.39, 0.29) is 24.1 Å². The maximum atomic E-state index is 12.2. The Kier molecular flexibility index (Phi) is 7.81. The van der Waals surface area contributed by atoms with Crippen LogP contribution in [0.4, 0.5) is 0 Å². The first-order valence-corrected chi connectivity index (χ1v) is 10.8. The Bertz CT molecular complexity index is 997. The SMILES string of the molecule is CNC(=O)C(=NOC)c1ccccc1COc1cc(OCC2CC2(Cl)Cl)c(Cl)cc1Cl. The van der Waals surface area contributed by atoms with Gasteiger partial charge in [-0.3, -0.25) is 4.79 Å². The second-order valence-electron chi connectivity index (χ2n) is 6.83. The molecule has 6 nitrogen and oxygen atoms in total. The van der Waals surface area contributed by atoms with Crippen molar-refractivity contribution < 1.29 is 19.1 Å². The van der Waals surface area contributed by atoms with E-state index < -0.39 is 4.33 Å². The molecule has 0 aromatic heterocycles. The zero-order chi connectivity index (χ0) is 22.6. The molecule has 1 aliphatic carbocycles. The Labute approximate surface area is 200 Å². The Morgan fingerprint density at radius 3 is 2.42 bits per heavy atom. The zero-order valence-corrected chi connectivity index (χ0v) is 19.8. The molecule has 0 bridgehead atoms. The summed E-state index contributed by atoms with van der Waals surface area (Å²) in [6, 6.07) is 10.4. The minimum atomic E-state index is -0.742. The summed E-state index contributed by atoms with van der Waals surface area (Å²) in [5.74, 6) is 0.448. The van der Waals surface area contributed by atoms with Crippen molar-refractivity contribution >= 4 is 58.0 Å². The number of ether oxygens (including phenoxy) is 2. The summed E-state index contributed by atoms with van der Waals surface area (Å²) in [5.41, 5.74) is 1.41. The molecule has 0 radical (unpaired) electrons. The standard InChI is InChI=1S/C21H20Cl4N2O4/c1-26-20(28)19(27-29-2)14-6-4-3-5-12(14)10-30-17-8-18(16(23)7-15(17)22)31-11-13-9-21(13,24)25/h3-8,13H,9-11H2,1-2H3,(H,26,28). The molecule has 2 aromatic rings. The van der Waals surface area contributed by atoms with Crippen molar-refractivity contribution in [2.24, 2.45) is 11.1 Å². The fourth-order valence-corrected chi connectivity index (χ4v) is 3.82. The van der Waals surface area contributed by atoms with Crippen LogP contribution < -0.4 is 14.8 Å². The number of nitrogens with zero attached hydrogens (tertiary/aromatic N) is 1. The van der Waals surface area contributed by atoms with Crippen LogP contribution in [-0.4, -0.2) is 36.7 Å². The smallest absolute Gasteiger partial charge is 0.273 e. The van der Waals surface area contributed by atoms with E-state index in [2.05, 4.69) is 10.5 Å². The fourth-order valence-electron chi connectivity index (χ4n) is 2.83. The molecule has 1 fully saturated rings. The summed E-state index contributed by atoms with van der Waals surface area (Å²) in [5, 5.41) is 7.06. The molecule has 1 saturated carbocycles. The van der Waals surface area contributed by atoms with Crippen LogP contribution >= 0.6 is 46.4 Å². The Hall–Kier alpha value is -1.86. The lowest BCUT2D eigenvalue weighted by molar-refractivity contribution is -0.114. The molecule has 1 amide bonds. The van der Waals surface area contributed by atoms with Gasteiger partial charge in [0.1, 0.15) is 29.5 Å². The summed E-state index contributed by atoms with van der Waals surface area (Å²) in [6.45, 7) is 0.450. The summed E-state index contributed by atoms with van der Waals surface area (Å²) in [6.07, 6.45) is 0.665. The summed E-state index contributed by atoms with van der Waals surface area (Å²) in [7, 11) is 2.89. The Balaban J connectivity index is 1.78. The van der Waals surface area contributed by atoms with Gasteiger partial charge in [0.2, 0.25) is 0 Å². The van der Waals surface area contributed by atoms with Gasteiger partial charge in [-0.25, -0.2) is 0 Å². The van der Waals surface area contributed by atoms with Gasteiger partial charge in [0.15, 0.2) is 5.71 Å². The minimum absolute atomic E-state index is 0.0435. The van der Waals surface area contributed by atoms with Crippen LogP contribution in [0, 0.1) is 5.92 Å². The fraction of sp³-hybridized carbons (Fsp3) is 0.333. The van der Waals surface area contributed by atoms with E-state index in [1.165, 1.54) is 14.2 Å². The van der Waals surface area contributed by atoms with E-state index in [1.807, 2.05) is 12.1 Å². The molecule has 166 valence electrons. The van der Waals surface area contributed by atoms with Gasteiger partial charge in [-0.1, -0.05) is 52.6 Å². The van der Waals surface area contributed by atoms with Gasteiger partial charge in [0.25, 0.3) is 5.91 Å². The number of halogens is 4. The highest BCUT2D eigenvalue weighted by atomic mass is 35.5. The highest BCUT2D eigenvalue weighted by Crippen LogP contribution is 2.53. The van der Waals surface area contributed by atoms with Crippen LogP contribution in [0.1, 0.15) is 17.5 Å². The molecule has 2 aromatic carbocycles. The molecule has 10 heteroatoms. The van der Waals surface area contributed by atoms with Gasteiger partial charge in [-0.2, -0.15) is 0 Å². The third-order valence-electron chi connectivity index (χ3n) is 4.66. The van der Waals surface area contributed by atoms with Crippen LogP contribution in [0.5, 0.6) is 11.5 Å². The number of hydrogen-bond acceptors (Lipinski definition) is 5. The molecule has 0 saturated heterocycles. The van der Waals surface area contributed by atoms with Gasteiger partial charge < -0.3 is 19.6 Å². The number of amides is 1. The normalized spacial score (nSPS) is 17.1. The third-order valence-corrected chi connectivity index (χ3v) is 6.18. The van der Waals surface area contributed by atoms with Crippen LogP contribution in [0.25, 0.3) is 0 Å². The molecule has 0 heterocycles. The predicted octanol–water partition coefficient (Wildman–Crippen LogP) is 5.24. The number of benzene rings is 2. The lowest BCUT2D eigenvalue weighted by Gasteiger charge is -2.15. The van der Waals surface area contributed by atoms with Crippen molar-refractivity contribution in [1.29, 1.82) is 0 Å². The van der Waals surface area contributed by atoms with E-state index in [9.17, 15) is 4.79 Å². The molecule has 1 atom stereocenters. The number of rotatable bonds is 9. The van der Waals surface area contributed by atoms with Crippen LogP contribution in [0.2, 0.25) is 10.0 Å². The number of alkyl halides is 2. The minimum Gasteiger partial charge on any atom is -0.491 e. The number of carbonyl (C=O) groups excluding carboxylic acids is 1.